The number of hydrogen-bond donors (Lipinski definition) is 0. The molecule has 0 unspecified atom stereocenters. The Morgan fingerprint density at radius 2 is 1.83 bits per heavy atom. The van der Waals surface area contributed by atoms with Crippen LogP contribution >= 0.6 is 0 Å². The van der Waals surface area contributed by atoms with Crippen LogP contribution in [0.1, 0.15) is 18.4 Å². The summed E-state index contributed by atoms with van der Waals surface area (Å²) in [6.07, 6.45) is 1.70. The first-order chi connectivity index (χ1) is 14.7. The largest absolute Gasteiger partial charge is 0.378 e. The third-order valence-corrected chi connectivity index (χ3v) is 6.02. The number of ether oxygens (including phenoxy) is 1. The first-order valence-electron chi connectivity index (χ1n) is 10.6. The Morgan fingerprint density at radius 3 is 2.60 bits per heavy atom. The van der Waals surface area contributed by atoms with Gasteiger partial charge in [0.2, 0.25) is 5.91 Å². The lowest BCUT2D eigenvalue weighted by atomic mass is 9.95. The molecule has 0 spiro atoms. The number of nitrogens with zero attached hydrogens (tertiary/aromatic N) is 6. The van der Waals surface area contributed by atoms with Crippen molar-refractivity contribution in [2.75, 3.05) is 44.3 Å². The van der Waals surface area contributed by atoms with Gasteiger partial charge in [0.25, 0.3) is 0 Å². The predicted molar refractivity (Wildman–Crippen MR) is 113 cm³/mol. The molecule has 2 fully saturated rings. The van der Waals surface area contributed by atoms with Gasteiger partial charge < -0.3 is 14.5 Å². The molecular formula is C22H26N6O2. The molecule has 156 valence electrons. The summed E-state index contributed by atoms with van der Waals surface area (Å²) in [7, 11) is 0. The van der Waals surface area contributed by atoms with Crippen LogP contribution in [-0.2, 0) is 9.53 Å². The number of anilines is 1. The molecule has 0 saturated carbocycles. The van der Waals surface area contributed by atoms with E-state index in [1.165, 1.54) is 5.56 Å². The number of aromatic nitrogens is 4. The number of amides is 1. The normalized spacial score (nSPS) is 18.2. The van der Waals surface area contributed by atoms with E-state index in [0.29, 0.717) is 26.3 Å². The van der Waals surface area contributed by atoms with Crippen molar-refractivity contribution in [2.24, 2.45) is 5.92 Å². The molecule has 0 radical (unpaired) electrons. The van der Waals surface area contributed by atoms with Crippen LogP contribution < -0.4 is 4.90 Å². The number of aryl methyl sites for hydroxylation is 1. The Bertz CT molecular complexity index is 1050. The highest BCUT2D eigenvalue weighted by Gasteiger charge is 2.30. The van der Waals surface area contributed by atoms with Crippen LogP contribution in [0.25, 0.3) is 17.0 Å². The highest BCUT2D eigenvalue weighted by molar-refractivity contribution is 5.79. The van der Waals surface area contributed by atoms with E-state index in [-0.39, 0.29) is 11.8 Å². The molecule has 2 aromatic heterocycles. The van der Waals surface area contributed by atoms with Crippen LogP contribution in [0.4, 0.5) is 5.82 Å². The minimum atomic E-state index is 0.0980. The average Bonchev–Trinajstić information content (AvgIpc) is 3.23. The van der Waals surface area contributed by atoms with Gasteiger partial charge >= 0.3 is 0 Å². The molecule has 3 aromatic rings. The lowest BCUT2D eigenvalue weighted by Gasteiger charge is -2.35. The third kappa shape index (κ3) is 3.63. The first-order valence-corrected chi connectivity index (χ1v) is 10.6. The van der Waals surface area contributed by atoms with Gasteiger partial charge in [0.15, 0.2) is 11.5 Å². The van der Waals surface area contributed by atoms with Gasteiger partial charge in [-0.15, -0.1) is 15.3 Å². The molecule has 1 amide bonds. The Kier molecular flexibility index (Phi) is 5.08. The molecule has 30 heavy (non-hydrogen) atoms. The molecule has 0 bridgehead atoms. The second kappa shape index (κ2) is 8.02. The van der Waals surface area contributed by atoms with E-state index in [1.807, 2.05) is 33.7 Å². The Hall–Kier alpha value is -3.00. The number of benzene rings is 1. The second-order valence-electron chi connectivity index (χ2n) is 8.05. The molecule has 2 aliphatic rings. The molecule has 1 aromatic carbocycles. The maximum absolute atomic E-state index is 12.8. The fraction of sp³-hybridized carbons (Fsp3) is 0.455. The number of carbonyl (C=O) groups is 1. The summed E-state index contributed by atoms with van der Waals surface area (Å²) in [5.41, 5.74) is 2.90. The molecule has 8 nitrogen and oxygen atoms in total. The van der Waals surface area contributed by atoms with Gasteiger partial charge in [-0.1, -0.05) is 23.8 Å². The third-order valence-electron chi connectivity index (χ3n) is 6.02. The summed E-state index contributed by atoms with van der Waals surface area (Å²) in [5, 5.41) is 13.5. The maximum atomic E-state index is 12.8. The minimum absolute atomic E-state index is 0.0980. The Labute approximate surface area is 175 Å². The monoisotopic (exact) mass is 406 g/mol. The standard InChI is InChI=1S/C22H26N6O2/c1-16-3-2-4-18(15-16)21-24-23-19-5-6-20(25-28(19)21)26-9-7-17(8-10-26)22(29)27-11-13-30-14-12-27/h2-6,15,17H,7-14H2,1H3. The first kappa shape index (κ1) is 19.0. The van der Waals surface area contributed by atoms with Crippen LogP contribution in [0.5, 0.6) is 0 Å². The van der Waals surface area contributed by atoms with E-state index in [4.69, 9.17) is 9.84 Å². The van der Waals surface area contributed by atoms with Gasteiger partial charge in [-0.05, 0) is 38.0 Å². The van der Waals surface area contributed by atoms with Crippen LogP contribution in [0, 0.1) is 12.8 Å². The summed E-state index contributed by atoms with van der Waals surface area (Å²) < 4.78 is 7.18. The van der Waals surface area contributed by atoms with Crippen molar-refractivity contribution in [1.29, 1.82) is 0 Å². The Morgan fingerprint density at radius 1 is 1.03 bits per heavy atom. The van der Waals surface area contributed by atoms with Crippen molar-refractivity contribution in [3.8, 4) is 11.4 Å². The van der Waals surface area contributed by atoms with E-state index < -0.39 is 0 Å². The number of morpholine rings is 1. The maximum Gasteiger partial charge on any atom is 0.225 e. The lowest BCUT2D eigenvalue weighted by molar-refractivity contribution is -0.140. The number of fused-ring (bicyclic) bond motifs is 1. The molecule has 0 N–H and O–H groups in total. The van der Waals surface area contributed by atoms with Crippen LogP contribution in [0.15, 0.2) is 36.4 Å². The van der Waals surface area contributed by atoms with Crippen molar-refractivity contribution >= 4 is 17.4 Å². The summed E-state index contributed by atoms with van der Waals surface area (Å²) in [4.78, 5) is 17.0. The van der Waals surface area contributed by atoms with E-state index >= 15 is 0 Å². The molecule has 0 atom stereocenters. The van der Waals surface area contributed by atoms with Crippen LogP contribution in [0.3, 0.4) is 0 Å². The van der Waals surface area contributed by atoms with E-state index in [2.05, 4.69) is 34.2 Å². The molecule has 5 rings (SSSR count). The van der Waals surface area contributed by atoms with Gasteiger partial charge in [-0.3, -0.25) is 4.79 Å². The predicted octanol–water partition coefficient (Wildman–Crippen LogP) is 2.17. The van der Waals surface area contributed by atoms with Crippen molar-refractivity contribution in [1.82, 2.24) is 24.7 Å². The summed E-state index contributed by atoms with van der Waals surface area (Å²) in [6.45, 7) is 6.43. The molecule has 8 heteroatoms. The van der Waals surface area contributed by atoms with Gasteiger partial charge in [0.05, 0.1) is 13.2 Å². The summed E-state index contributed by atoms with van der Waals surface area (Å²) in [6, 6.07) is 12.2. The number of hydrogen-bond acceptors (Lipinski definition) is 6. The number of carbonyl (C=O) groups excluding carboxylic acids is 1. The lowest BCUT2D eigenvalue weighted by Crippen LogP contribution is -2.47. The Balaban J connectivity index is 1.32. The average molecular weight is 406 g/mol. The smallest absolute Gasteiger partial charge is 0.225 e. The highest BCUT2D eigenvalue weighted by atomic mass is 16.5. The molecule has 2 saturated heterocycles. The van der Waals surface area contributed by atoms with Gasteiger partial charge in [0, 0.05) is 37.7 Å². The van der Waals surface area contributed by atoms with Gasteiger partial charge in [0.1, 0.15) is 5.82 Å². The topological polar surface area (TPSA) is 75.9 Å². The zero-order valence-corrected chi connectivity index (χ0v) is 17.2. The molecule has 0 aliphatic carbocycles. The van der Waals surface area contributed by atoms with E-state index in [9.17, 15) is 4.79 Å². The molecule has 2 aliphatic heterocycles. The summed E-state index contributed by atoms with van der Waals surface area (Å²) >= 11 is 0. The highest BCUT2D eigenvalue weighted by Crippen LogP contribution is 2.25. The van der Waals surface area contributed by atoms with E-state index in [1.54, 1.807) is 0 Å². The van der Waals surface area contributed by atoms with Crippen molar-refractivity contribution in [2.45, 2.75) is 19.8 Å². The van der Waals surface area contributed by atoms with E-state index in [0.717, 1.165) is 48.8 Å². The van der Waals surface area contributed by atoms with Gasteiger partial charge in [-0.2, -0.15) is 4.52 Å². The number of piperidine rings is 1. The van der Waals surface area contributed by atoms with Gasteiger partial charge in [-0.25, -0.2) is 0 Å². The molecular weight excluding hydrogens is 380 g/mol. The van der Waals surface area contributed by atoms with Crippen molar-refractivity contribution in [3.05, 3.63) is 42.0 Å². The van der Waals surface area contributed by atoms with Crippen LogP contribution in [0.2, 0.25) is 0 Å². The number of rotatable bonds is 3. The SMILES string of the molecule is Cc1cccc(-c2nnc3ccc(N4CCC(C(=O)N5CCOCC5)CC4)nn23)c1. The molecule has 4 heterocycles. The quantitative estimate of drug-likeness (QED) is 0.664. The summed E-state index contributed by atoms with van der Waals surface area (Å²) in [5.74, 6) is 2.02. The van der Waals surface area contributed by atoms with Crippen molar-refractivity contribution in [3.63, 3.8) is 0 Å². The zero-order valence-electron chi connectivity index (χ0n) is 17.2. The second-order valence-corrected chi connectivity index (χ2v) is 8.05. The minimum Gasteiger partial charge on any atom is -0.378 e. The van der Waals surface area contributed by atoms with Crippen LogP contribution in [-0.4, -0.2) is 70.0 Å². The fourth-order valence-corrected chi connectivity index (χ4v) is 4.31. The fourth-order valence-electron chi connectivity index (χ4n) is 4.31. The zero-order chi connectivity index (χ0) is 20.5. The van der Waals surface area contributed by atoms with Crippen molar-refractivity contribution < 1.29 is 9.53 Å².